The summed E-state index contributed by atoms with van der Waals surface area (Å²) in [5.41, 5.74) is 2.71. The van der Waals surface area contributed by atoms with E-state index in [4.69, 9.17) is 0 Å². The Morgan fingerprint density at radius 1 is 0.667 bits per heavy atom. The summed E-state index contributed by atoms with van der Waals surface area (Å²) in [6.07, 6.45) is 6.45. The van der Waals surface area contributed by atoms with Crippen LogP contribution < -0.4 is 9.47 Å². The number of ketones is 1. The SMILES string of the molecule is O=C1/C(=C\c2ccc(OC(F)F)cc2)CCCC/C1=C/c1ccc(OC(F)F)cc1. The quantitative estimate of drug-likeness (QED) is 0.304. The molecule has 1 fully saturated rings. The van der Waals surface area contributed by atoms with Crippen LogP contribution in [0.4, 0.5) is 17.6 Å². The average Bonchev–Trinajstić information content (AvgIpc) is 2.86. The number of benzene rings is 2. The van der Waals surface area contributed by atoms with E-state index in [1.54, 1.807) is 36.4 Å². The molecule has 1 aliphatic carbocycles. The van der Waals surface area contributed by atoms with Gasteiger partial charge < -0.3 is 9.47 Å². The van der Waals surface area contributed by atoms with Gasteiger partial charge in [0, 0.05) is 11.1 Å². The molecule has 0 aliphatic heterocycles. The fourth-order valence-electron chi connectivity index (χ4n) is 3.23. The van der Waals surface area contributed by atoms with Crippen LogP contribution in [-0.2, 0) is 4.79 Å². The molecule has 0 radical (unpaired) electrons. The Kier molecular flexibility index (Phi) is 7.27. The molecule has 3 rings (SSSR count). The number of allylic oxidation sites excluding steroid dienone is 2. The van der Waals surface area contributed by atoms with Gasteiger partial charge in [0.25, 0.3) is 0 Å². The molecular formula is C23H20F4O3. The molecule has 0 unspecified atom stereocenters. The van der Waals surface area contributed by atoms with Crippen molar-refractivity contribution in [3.63, 3.8) is 0 Å². The van der Waals surface area contributed by atoms with Crippen molar-refractivity contribution in [3.05, 3.63) is 70.8 Å². The van der Waals surface area contributed by atoms with Crippen LogP contribution in [0.3, 0.4) is 0 Å². The summed E-state index contributed by atoms with van der Waals surface area (Å²) < 4.78 is 57.7. The molecule has 1 aliphatic rings. The molecule has 7 heteroatoms. The molecule has 0 bridgehead atoms. The van der Waals surface area contributed by atoms with E-state index in [1.165, 1.54) is 24.3 Å². The van der Waals surface area contributed by atoms with Crippen LogP contribution in [0.15, 0.2) is 59.7 Å². The number of halogens is 4. The van der Waals surface area contributed by atoms with E-state index in [1.807, 2.05) is 0 Å². The number of carbonyl (C=O) groups excluding carboxylic acids is 1. The highest BCUT2D eigenvalue weighted by Crippen LogP contribution is 2.28. The van der Waals surface area contributed by atoms with E-state index in [0.717, 1.165) is 24.0 Å². The number of hydrogen-bond acceptors (Lipinski definition) is 3. The second kappa shape index (κ2) is 10.1. The van der Waals surface area contributed by atoms with Crippen molar-refractivity contribution in [2.24, 2.45) is 0 Å². The zero-order valence-electron chi connectivity index (χ0n) is 16.0. The molecule has 30 heavy (non-hydrogen) atoms. The molecular weight excluding hydrogens is 400 g/mol. The minimum atomic E-state index is -2.89. The van der Waals surface area contributed by atoms with Crippen LogP contribution in [0.5, 0.6) is 11.5 Å². The van der Waals surface area contributed by atoms with Crippen molar-refractivity contribution in [2.75, 3.05) is 0 Å². The smallest absolute Gasteiger partial charge is 0.387 e. The predicted molar refractivity (Wildman–Crippen MR) is 106 cm³/mol. The highest BCUT2D eigenvalue weighted by molar-refractivity contribution is 6.13. The van der Waals surface area contributed by atoms with E-state index >= 15 is 0 Å². The van der Waals surface area contributed by atoms with Crippen LogP contribution in [0.2, 0.25) is 0 Å². The lowest BCUT2D eigenvalue weighted by Gasteiger charge is -2.08. The Bertz CT molecular complexity index is 841. The number of hydrogen-bond donors (Lipinski definition) is 0. The molecule has 0 atom stereocenters. The molecule has 0 aromatic heterocycles. The zero-order valence-corrected chi connectivity index (χ0v) is 16.0. The normalized spacial score (nSPS) is 17.6. The van der Waals surface area contributed by atoms with Crippen LogP contribution in [0.1, 0.15) is 36.8 Å². The third-order valence-corrected chi connectivity index (χ3v) is 4.62. The number of carbonyl (C=O) groups is 1. The molecule has 158 valence electrons. The lowest BCUT2D eigenvalue weighted by Crippen LogP contribution is -2.04. The monoisotopic (exact) mass is 420 g/mol. The minimum absolute atomic E-state index is 0.0548. The van der Waals surface area contributed by atoms with Crippen molar-refractivity contribution < 1.29 is 31.8 Å². The van der Waals surface area contributed by atoms with Crippen molar-refractivity contribution >= 4 is 17.9 Å². The molecule has 1 saturated carbocycles. The molecule has 0 N–H and O–H groups in total. The maximum atomic E-state index is 13.0. The summed E-state index contributed by atoms with van der Waals surface area (Å²) in [5.74, 6) is 0.0340. The molecule has 0 amide bonds. The summed E-state index contributed by atoms with van der Waals surface area (Å²) in [6.45, 7) is -5.78. The third kappa shape index (κ3) is 6.20. The van der Waals surface area contributed by atoms with E-state index in [9.17, 15) is 22.4 Å². The van der Waals surface area contributed by atoms with Crippen LogP contribution in [-0.4, -0.2) is 19.0 Å². The number of alkyl halides is 4. The zero-order chi connectivity index (χ0) is 21.5. The van der Waals surface area contributed by atoms with Crippen molar-refractivity contribution in [1.29, 1.82) is 0 Å². The molecule has 2 aromatic carbocycles. The number of ether oxygens (including phenoxy) is 2. The van der Waals surface area contributed by atoms with Crippen LogP contribution in [0.25, 0.3) is 12.2 Å². The molecule has 0 saturated heterocycles. The van der Waals surface area contributed by atoms with E-state index in [2.05, 4.69) is 9.47 Å². The Hall–Kier alpha value is -3.09. The fraction of sp³-hybridized carbons (Fsp3) is 0.261. The maximum Gasteiger partial charge on any atom is 0.387 e. The molecule has 0 heterocycles. The average molecular weight is 420 g/mol. The first kappa shape index (κ1) is 21.6. The number of rotatable bonds is 6. The summed E-state index contributed by atoms with van der Waals surface area (Å²) >= 11 is 0. The van der Waals surface area contributed by atoms with E-state index in [0.29, 0.717) is 24.0 Å². The van der Waals surface area contributed by atoms with E-state index in [-0.39, 0.29) is 17.3 Å². The van der Waals surface area contributed by atoms with Gasteiger partial charge in [-0.1, -0.05) is 24.3 Å². The Morgan fingerprint density at radius 2 is 1.03 bits per heavy atom. The largest absolute Gasteiger partial charge is 0.435 e. The lowest BCUT2D eigenvalue weighted by molar-refractivity contribution is -0.112. The molecule has 0 spiro atoms. The van der Waals surface area contributed by atoms with Crippen LogP contribution in [0, 0.1) is 0 Å². The minimum Gasteiger partial charge on any atom is -0.435 e. The highest BCUT2D eigenvalue weighted by Gasteiger charge is 2.19. The first-order valence-electron chi connectivity index (χ1n) is 9.46. The summed E-state index contributed by atoms with van der Waals surface area (Å²) in [4.78, 5) is 13.0. The van der Waals surface area contributed by atoms with Gasteiger partial charge in [-0.2, -0.15) is 17.6 Å². The topological polar surface area (TPSA) is 35.5 Å². The van der Waals surface area contributed by atoms with Gasteiger partial charge in [-0.05, 0) is 73.2 Å². The number of Topliss-reactive ketones (excluding diaryl/α,β-unsaturated/α-hetero) is 1. The van der Waals surface area contributed by atoms with E-state index < -0.39 is 13.2 Å². The van der Waals surface area contributed by atoms with Gasteiger partial charge in [0.15, 0.2) is 5.78 Å². The Morgan fingerprint density at radius 3 is 1.37 bits per heavy atom. The lowest BCUT2D eigenvalue weighted by atomic mass is 9.98. The summed E-state index contributed by atoms with van der Waals surface area (Å²) in [6, 6.07) is 12.2. The summed E-state index contributed by atoms with van der Waals surface area (Å²) in [5, 5.41) is 0. The van der Waals surface area contributed by atoms with Gasteiger partial charge in [0.05, 0.1) is 0 Å². The standard InChI is InChI=1S/C23H20F4O3/c24-22(25)29-19-9-5-15(6-10-19)13-17-3-1-2-4-18(21(17)28)14-16-7-11-20(12-8-16)30-23(26)27/h5-14,22-23H,1-4H2/b17-13-,18-14-. The fourth-order valence-corrected chi connectivity index (χ4v) is 3.23. The third-order valence-electron chi connectivity index (χ3n) is 4.62. The Balaban J connectivity index is 1.78. The van der Waals surface area contributed by atoms with Gasteiger partial charge >= 0.3 is 13.2 Å². The maximum absolute atomic E-state index is 13.0. The van der Waals surface area contributed by atoms with Gasteiger partial charge in [0.2, 0.25) is 0 Å². The predicted octanol–water partition coefficient (Wildman–Crippen LogP) is 6.50. The van der Waals surface area contributed by atoms with Gasteiger partial charge in [-0.15, -0.1) is 0 Å². The van der Waals surface area contributed by atoms with Gasteiger partial charge in [-0.25, -0.2) is 0 Å². The second-order valence-corrected chi connectivity index (χ2v) is 6.77. The van der Waals surface area contributed by atoms with Crippen molar-refractivity contribution in [3.8, 4) is 11.5 Å². The van der Waals surface area contributed by atoms with Gasteiger partial charge in [0.1, 0.15) is 11.5 Å². The van der Waals surface area contributed by atoms with Crippen molar-refractivity contribution in [2.45, 2.75) is 38.9 Å². The molecule has 2 aromatic rings. The first-order valence-corrected chi connectivity index (χ1v) is 9.46. The Labute approximate surface area is 171 Å². The van der Waals surface area contributed by atoms with Crippen molar-refractivity contribution in [1.82, 2.24) is 0 Å². The summed E-state index contributed by atoms with van der Waals surface area (Å²) in [7, 11) is 0. The second-order valence-electron chi connectivity index (χ2n) is 6.77. The molecule has 3 nitrogen and oxygen atoms in total. The highest BCUT2D eigenvalue weighted by atomic mass is 19.3. The van der Waals surface area contributed by atoms with Crippen LogP contribution >= 0.6 is 0 Å². The van der Waals surface area contributed by atoms with Gasteiger partial charge in [-0.3, -0.25) is 4.79 Å². The first-order chi connectivity index (χ1) is 14.4.